The second-order valence-electron chi connectivity index (χ2n) is 6.49. The largest absolute Gasteiger partial charge is 0.368 e. The van der Waals surface area contributed by atoms with Gasteiger partial charge in [-0.3, -0.25) is 9.59 Å². The zero-order chi connectivity index (χ0) is 16.9. The van der Waals surface area contributed by atoms with Crippen LogP contribution in [0.2, 0.25) is 0 Å². The van der Waals surface area contributed by atoms with Gasteiger partial charge in [0.25, 0.3) is 0 Å². The highest BCUT2D eigenvalue weighted by molar-refractivity contribution is 5.82. The van der Waals surface area contributed by atoms with Crippen LogP contribution in [0.1, 0.15) is 25.3 Å². The number of rotatable bonds is 4. The van der Waals surface area contributed by atoms with Crippen LogP contribution in [0.15, 0.2) is 24.3 Å². The Morgan fingerprint density at radius 1 is 1.21 bits per heavy atom. The van der Waals surface area contributed by atoms with Gasteiger partial charge >= 0.3 is 0 Å². The number of para-hydroxylation sites is 1. The van der Waals surface area contributed by atoms with E-state index in [2.05, 4.69) is 27.7 Å². The third kappa shape index (κ3) is 3.87. The highest BCUT2D eigenvalue weighted by Gasteiger charge is 2.23. The molecule has 0 radical (unpaired) electrons. The fourth-order valence-corrected chi connectivity index (χ4v) is 3.44. The van der Waals surface area contributed by atoms with Crippen LogP contribution in [-0.2, 0) is 16.1 Å². The van der Waals surface area contributed by atoms with E-state index in [-0.39, 0.29) is 17.9 Å². The quantitative estimate of drug-likeness (QED) is 0.854. The highest BCUT2D eigenvalue weighted by atomic mass is 16.2. The van der Waals surface area contributed by atoms with Gasteiger partial charge in [0.2, 0.25) is 11.8 Å². The van der Waals surface area contributed by atoms with Crippen molar-refractivity contribution in [2.75, 3.05) is 37.6 Å². The number of carbonyl (C=O) groups excluding carboxylic acids is 2. The van der Waals surface area contributed by atoms with Crippen molar-refractivity contribution >= 4 is 17.5 Å². The topological polar surface area (TPSA) is 64.7 Å². The molecule has 0 aromatic heterocycles. The second kappa shape index (κ2) is 7.66. The summed E-state index contributed by atoms with van der Waals surface area (Å²) in [5, 5.41) is 6.28. The number of benzene rings is 1. The van der Waals surface area contributed by atoms with E-state index in [1.807, 2.05) is 17.0 Å². The van der Waals surface area contributed by atoms with Gasteiger partial charge < -0.3 is 20.4 Å². The molecule has 3 rings (SSSR count). The number of hydrogen-bond donors (Lipinski definition) is 2. The number of hydrogen-bond acceptors (Lipinski definition) is 4. The van der Waals surface area contributed by atoms with Crippen LogP contribution in [0, 0.1) is 0 Å². The molecule has 1 aromatic carbocycles. The molecule has 2 saturated heterocycles. The lowest BCUT2D eigenvalue weighted by molar-refractivity contribution is -0.129. The van der Waals surface area contributed by atoms with E-state index in [1.54, 1.807) is 6.92 Å². The molecule has 1 unspecified atom stereocenters. The summed E-state index contributed by atoms with van der Waals surface area (Å²) in [6.45, 7) is 6.25. The standard InChI is InChI=1S/C18H26N4O2/c1-14(23)21-9-11-22(12-10-21)17-7-3-2-5-15(17)13-20-18(24)16-6-4-8-19-16/h2-3,5,7,16,19H,4,6,8-13H2,1H3,(H,20,24). The minimum absolute atomic E-state index is 0.0451. The van der Waals surface area contributed by atoms with Crippen molar-refractivity contribution in [3.63, 3.8) is 0 Å². The minimum Gasteiger partial charge on any atom is -0.368 e. The summed E-state index contributed by atoms with van der Waals surface area (Å²) in [5.41, 5.74) is 2.28. The summed E-state index contributed by atoms with van der Waals surface area (Å²) in [4.78, 5) is 27.8. The molecular formula is C18H26N4O2. The van der Waals surface area contributed by atoms with Crippen molar-refractivity contribution in [1.82, 2.24) is 15.5 Å². The highest BCUT2D eigenvalue weighted by Crippen LogP contribution is 2.22. The van der Waals surface area contributed by atoms with Gasteiger partial charge in [0, 0.05) is 45.3 Å². The van der Waals surface area contributed by atoms with Gasteiger partial charge in [-0.1, -0.05) is 18.2 Å². The van der Waals surface area contributed by atoms with Gasteiger partial charge in [-0.2, -0.15) is 0 Å². The molecule has 2 N–H and O–H groups in total. The molecule has 130 valence electrons. The minimum atomic E-state index is -0.0451. The van der Waals surface area contributed by atoms with Gasteiger partial charge in [0.05, 0.1) is 6.04 Å². The molecular weight excluding hydrogens is 304 g/mol. The van der Waals surface area contributed by atoms with Crippen LogP contribution < -0.4 is 15.5 Å². The average Bonchev–Trinajstić information content (AvgIpc) is 3.15. The van der Waals surface area contributed by atoms with Gasteiger partial charge in [-0.05, 0) is 31.0 Å². The lowest BCUT2D eigenvalue weighted by Gasteiger charge is -2.36. The zero-order valence-electron chi connectivity index (χ0n) is 14.3. The molecule has 2 aliphatic rings. The molecule has 0 aliphatic carbocycles. The molecule has 2 amide bonds. The smallest absolute Gasteiger partial charge is 0.237 e. The third-order valence-corrected chi connectivity index (χ3v) is 4.89. The summed E-state index contributed by atoms with van der Waals surface area (Å²) < 4.78 is 0. The SMILES string of the molecule is CC(=O)N1CCN(c2ccccc2CNC(=O)C2CCCN2)CC1. The van der Waals surface area contributed by atoms with Crippen molar-refractivity contribution in [2.45, 2.75) is 32.4 Å². The average molecular weight is 330 g/mol. The Morgan fingerprint density at radius 2 is 1.96 bits per heavy atom. The monoisotopic (exact) mass is 330 g/mol. The Labute approximate surface area is 143 Å². The molecule has 0 spiro atoms. The fourth-order valence-electron chi connectivity index (χ4n) is 3.44. The van der Waals surface area contributed by atoms with Crippen LogP contribution in [-0.4, -0.2) is 55.5 Å². The first-order valence-electron chi connectivity index (χ1n) is 8.74. The van der Waals surface area contributed by atoms with Gasteiger partial charge in [-0.25, -0.2) is 0 Å². The van der Waals surface area contributed by atoms with E-state index in [1.165, 1.54) is 0 Å². The number of carbonyl (C=O) groups is 2. The van der Waals surface area contributed by atoms with Crippen LogP contribution in [0.5, 0.6) is 0 Å². The van der Waals surface area contributed by atoms with E-state index < -0.39 is 0 Å². The van der Waals surface area contributed by atoms with E-state index >= 15 is 0 Å². The zero-order valence-corrected chi connectivity index (χ0v) is 14.3. The summed E-state index contributed by atoms with van der Waals surface area (Å²) >= 11 is 0. The van der Waals surface area contributed by atoms with E-state index in [0.29, 0.717) is 6.54 Å². The number of amides is 2. The number of nitrogens with zero attached hydrogens (tertiary/aromatic N) is 2. The predicted octanol–water partition coefficient (Wildman–Crippen LogP) is 0.723. The number of anilines is 1. The van der Waals surface area contributed by atoms with E-state index in [4.69, 9.17) is 0 Å². The van der Waals surface area contributed by atoms with Crippen LogP contribution in [0.4, 0.5) is 5.69 Å². The van der Waals surface area contributed by atoms with Crippen LogP contribution in [0.25, 0.3) is 0 Å². The molecule has 2 aliphatic heterocycles. The number of piperazine rings is 1. The number of nitrogens with one attached hydrogen (secondary N) is 2. The van der Waals surface area contributed by atoms with Gasteiger partial charge in [0.1, 0.15) is 0 Å². The molecule has 24 heavy (non-hydrogen) atoms. The van der Waals surface area contributed by atoms with Crippen LogP contribution >= 0.6 is 0 Å². The maximum atomic E-state index is 12.2. The first-order chi connectivity index (χ1) is 11.6. The van der Waals surface area contributed by atoms with Crippen molar-refractivity contribution in [3.05, 3.63) is 29.8 Å². The lowest BCUT2D eigenvalue weighted by atomic mass is 10.1. The molecule has 6 heteroatoms. The first kappa shape index (κ1) is 16.8. The van der Waals surface area contributed by atoms with E-state index in [0.717, 1.165) is 56.8 Å². The molecule has 1 aromatic rings. The van der Waals surface area contributed by atoms with Gasteiger partial charge in [-0.15, -0.1) is 0 Å². The molecule has 2 fully saturated rings. The molecule has 6 nitrogen and oxygen atoms in total. The first-order valence-corrected chi connectivity index (χ1v) is 8.74. The summed E-state index contributed by atoms with van der Waals surface area (Å²) in [6, 6.07) is 8.14. The third-order valence-electron chi connectivity index (χ3n) is 4.89. The Balaban J connectivity index is 1.61. The fraction of sp³-hybridized carbons (Fsp3) is 0.556. The van der Waals surface area contributed by atoms with Crippen molar-refractivity contribution in [3.8, 4) is 0 Å². The maximum absolute atomic E-state index is 12.2. The van der Waals surface area contributed by atoms with Crippen molar-refractivity contribution in [1.29, 1.82) is 0 Å². The Kier molecular flexibility index (Phi) is 5.35. The molecule has 1 atom stereocenters. The normalized spacial score (nSPS) is 21.0. The summed E-state index contributed by atoms with van der Waals surface area (Å²) in [6.07, 6.45) is 1.98. The summed E-state index contributed by atoms with van der Waals surface area (Å²) in [5.74, 6) is 0.225. The Bertz CT molecular complexity index is 590. The molecule has 0 bridgehead atoms. The predicted molar refractivity (Wildman–Crippen MR) is 93.8 cm³/mol. The van der Waals surface area contributed by atoms with Crippen LogP contribution in [0.3, 0.4) is 0 Å². The Hall–Kier alpha value is -2.08. The van der Waals surface area contributed by atoms with E-state index in [9.17, 15) is 9.59 Å². The molecule has 2 heterocycles. The summed E-state index contributed by atoms with van der Waals surface area (Å²) in [7, 11) is 0. The Morgan fingerprint density at radius 3 is 2.62 bits per heavy atom. The lowest BCUT2D eigenvalue weighted by Crippen LogP contribution is -2.48. The van der Waals surface area contributed by atoms with Gasteiger partial charge in [0.15, 0.2) is 0 Å². The van der Waals surface area contributed by atoms with Crippen molar-refractivity contribution in [2.24, 2.45) is 0 Å². The maximum Gasteiger partial charge on any atom is 0.237 e. The molecule has 0 saturated carbocycles. The second-order valence-corrected chi connectivity index (χ2v) is 6.49. The van der Waals surface area contributed by atoms with Crippen molar-refractivity contribution < 1.29 is 9.59 Å².